The van der Waals surface area contributed by atoms with Gasteiger partial charge in [-0.15, -0.1) is 0 Å². The maximum atomic E-state index is 10.9. The van der Waals surface area contributed by atoms with E-state index in [1.54, 1.807) is 13.1 Å². The molecule has 0 atom stereocenters. The number of hydrogen-bond donors (Lipinski definition) is 2. The summed E-state index contributed by atoms with van der Waals surface area (Å²) in [5.41, 5.74) is 0. The van der Waals surface area contributed by atoms with Crippen molar-refractivity contribution in [2.75, 3.05) is 26.7 Å². The number of carbonyl (C=O) groups is 1. The minimum atomic E-state index is -0.0908. The Bertz CT molecular complexity index is 390. The van der Waals surface area contributed by atoms with Crippen LogP contribution in [0.1, 0.15) is 0 Å². The van der Waals surface area contributed by atoms with Crippen molar-refractivity contribution >= 4 is 28.5 Å². The van der Waals surface area contributed by atoms with E-state index in [4.69, 9.17) is 4.74 Å². The molecule has 0 aliphatic heterocycles. The fraction of sp³-hybridized carbons (Fsp3) is 0.308. The van der Waals surface area contributed by atoms with Crippen molar-refractivity contribution in [3.8, 4) is 5.75 Å². The summed E-state index contributed by atoms with van der Waals surface area (Å²) >= 11 is 2.26. The van der Waals surface area contributed by atoms with Gasteiger partial charge >= 0.3 is 0 Å². The fourth-order valence-electron chi connectivity index (χ4n) is 1.21. The molecule has 4 nitrogen and oxygen atoms in total. The maximum Gasteiger partial charge on any atom is 0.243 e. The predicted molar refractivity (Wildman–Crippen MR) is 80.7 cm³/mol. The summed E-state index contributed by atoms with van der Waals surface area (Å²) in [6, 6.07) is 7.92. The summed E-state index contributed by atoms with van der Waals surface area (Å²) in [6.07, 6.45) is 3.29. The highest BCUT2D eigenvalue weighted by Crippen LogP contribution is 2.12. The fourth-order valence-corrected chi connectivity index (χ4v) is 1.57. The van der Waals surface area contributed by atoms with Crippen LogP contribution in [0.2, 0.25) is 0 Å². The molecule has 1 rings (SSSR count). The summed E-state index contributed by atoms with van der Waals surface area (Å²) < 4.78 is 6.73. The molecule has 98 valence electrons. The van der Waals surface area contributed by atoms with E-state index in [2.05, 4.69) is 33.2 Å². The third-order valence-electron chi connectivity index (χ3n) is 2.14. The first-order valence-corrected chi connectivity index (χ1v) is 6.77. The molecule has 0 fully saturated rings. The van der Waals surface area contributed by atoms with E-state index in [9.17, 15) is 4.79 Å². The number of benzene rings is 1. The minimum absolute atomic E-state index is 0.0908. The topological polar surface area (TPSA) is 50.4 Å². The molecule has 0 spiro atoms. The second kappa shape index (κ2) is 8.93. The van der Waals surface area contributed by atoms with E-state index in [0.717, 1.165) is 12.3 Å². The number of nitrogens with one attached hydrogen (secondary N) is 2. The first-order chi connectivity index (χ1) is 8.72. The SMILES string of the molecule is CNC(=O)/C=C/CNCCOc1ccc(I)cc1. The molecule has 1 amide bonds. The average molecular weight is 360 g/mol. The van der Waals surface area contributed by atoms with Gasteiger partial charge in [-0.05, 0) is 46.9 Å². The lowest BCUT2D eigenvalue weighted by molar-refractivity contribution is -0.116. The summed E-state index contributed by atoms with van der Waals surface area (Å²) in [6.45, 7) is 2.00. The van der Waals surface area contributed by atoms with Gasteiger partial charge in [0.1, 0.15) is 12.4 Å². The molecule has 0 saturated heterocycles. The highest BCUT2D eigenvalue weighted by Gasteiger charge is 1.93. The Kier molecular flexibility index (Phi) is 7.43. The molecule has 0 aliphatic carbocycles. The van der Waals surface area contributed by atoms with Gasteiger partial charge in [-0.3, -0.25) is 4.79 Å². The first-order valence-electron chi connectivity index (χ1n) is 5.69. The van der Waals surface area contributed by atoms with E-state index in [0.29, 0.717) is 13.2 Å². The third-order valence-corrected chi connectivity index (χ3v) is 2.86. The van der Waals surface area contributed by atoms with Gasteiger partial charge in [0.25, 0.3) is 0 Å². The lowest BCUT2D eigenvalue weighted by atomic mass is 10.3. The summed E-state index contributed by atoms with van der Waals surface area (Å²) in [5, 5.41) is 5.67. The number of likely N-dealkylation sites (N-methyl/N-ethyl adjacent to an activating group) is 1. The molecule has 1 aromatic rings. The molecule has 0 aliphatic rings. The quantitative estimate of drug-likeness (QED) is 0.441. The lowest BCUT2D eigenvalue weighted by Crippen LogP contribution is -2.21. The number of ether oxygens (including phenoxy) is 1. The molecule has 2 N–H and O–H groups in total. The van der Waals surface area contributed by atoms with Crippen molar-refractivity contribution in [1.82, 2.24) is 10.6 Å². The number of halogens is 1. The van der Waals surface area contributed by atoms with Crippen LogP contribution < -0.4 is 15.4 Å². The molecule has 0 radical (unpaired) electrons. The number of rotatable bonds is 7. The normalized spacial score (nSPS) is 10.6. The van der Waals surface area contributed by atoms with Crippen molar-refractivity contribution in [2.45, 2.75) is 0 Å². The smallest absolute Gasteiger partial charge is 0.243 e. The highest BCUT2D eigenvalue weighted by molar-refractivity contribution is 14.1. The standard InChI is InChI=1S/C13H17IN2O2/c1-15-13(17)3-2-8-16-9-10-18-12-6-4-11(14)5-7-12/h2-7,16H,8-10H2,1H3,(H,15,17)/b3-2+. The lowest BCUT2D eigenvalue weighted by Gasteiger charge is -2.06. The highest BCUT2D eigenvalue weighted by atomic mass is 127. The molecule has 0 saturated carbocycles. The van der Waals surface area contributed by atoms with Crippen molar-refractivity contribution in [3.63, 3.8) is 0 Å². The van der Waals surface area contributed by atoms with Crippen LogP contribution in [0, 0.1) is 3.57 Å². The molecular weight excluding hydrogens is 343 g/mol. The summed E-state index contributed by atoms with van der Waals surface area (Å²) in [5.74, 6) is 0.782. The molecule has 0 unspecified atom stereocenters. The van der Waals surface area contributed by atoms with Crippen molar-refractivity contribution in [2.24, 2.45) is 0 Å². The second-order valence-corrected chi connectivity index (χ2v) is 4.77. The maximum absolute atomic E-state index is 10.9. The van der Waals surface area contributed by atoms with Crippen LogP contribution in [-0.2, 0) is 4.79 Å². The number of carbonyl (C=O) groups excluding carboxylic acids is 1. The summed E-state index contributed by atoms with van der Waals surface area (Å²) in [7, 11) is 1.61. The number of amides is 1. The Hall–Kier alpha value is -1.08. The third kappa shape index (κ3) is 6.61. The van der Waals surface area contributed by atoms with Crippen molar-refractivity contribution in [3.05, 3.63) is 40.0 Å². The van der Waals surface area contributed by atoms with Gasteiger partial charge in [-0.1, -0.05) is 6.08 Å². The van der Waals surface area contributed by atoms with Crippen LogP contribution in [0.25, 0.3) is 0 Å². The van der Waals surface area contributed by atoms with Gasteiger partial charge in [0.05, 0.1) is 0 Å². The molecule has 0 heterocycles. The van der Waals surface area contributed by atoms with Gasteiger partial charge in [-0.25, -0.2) is 0 Å². The van der Waals surface area contributed by atoms with Gasteiger partial charge < -0.3 is 15.4 Å². The Balaban J connectivity index is 2.07. The zero-order valence-corrected chi connectivity index (χ0v) is 12.4. The molecule has 0 aromatic heterocycles. The zero-order chi connectivity index (χ0) is 13.2. The Labute approximate surface area is 121 Å². The average Bonchev–Trinajstić information content (AvgIpc) is 2.39. The van der Waals surface area contributed by atoms with Crippen LogP contribution in [0.5, 0.6) is 5.75 Å². The summed E-state index contributed by atoms with van der Waals surface area (Å²) in [4.78, 5) is 10.9. The van der Waals surface area contributed by atoms with E-state index >= 15 is 0 Å². The predicted octanol–water partition coefficient (Wildman–Crippen LogP) is 1.56. The van der Waals surface area contributed by atoms with Gasteiger partial charge in [0, 0.05) is 29.8 Å². The van der Waals surface area contributed by atoms with Crippen LogP contribution in [0.4, 0.5) is 0 Å². The first kappa shape index (κ1) is 15.0. The molecule has 0 bridgehead atoms. The monoisotopic (exact) mass is 360 g/mol. The second-order valence-electron chi connectivity index (χ2n) is 3.52. The van der Waals surface area contributed by atoms with Crippen LogP contribution in [0.3, 0.4) is 0 Å². The Morgan fingerprint density at radius 1 is 1.39 bits per heavy atom. The molecular formula is C13H17IN2O2. The van der Waals surface area contributed by atoms with Crippen LogP contribution >= 0.6 is 22.6 Å². The van der Waals surface area contributed by atoms with Crippen molar-refractivity contribution in [1.29, 1.82) is 0 Å². The van der Waals surface area contributed by atoms with Gasteiger partial charge in [0.2, 0.25) is 5.91 Å². The Morgan fingerprint density at radius 2 is 2.11 bits per heavy atom. The van der Waals surface area contributed by atoms with Gasteiger partial charge in [0.15, 0.2) is 0 Å². The molecule has 5 heteroatoms. The minimum Gasteiger partial charge on any atom is -0.492 e. The van der Waals surface area contributed by atoms with Crippen LogP contribution in [-0.4, -0.2) is 32.7 Å². The number of hydrogen-bond acceptors (Lipinski definition) is 3. The van der Waals surface area contributed by atoms with Gasteiger partial charge in [-0.2, -0.15) is 0 Å². The Morgan fingerprint density at radius 3 is 2.78 bits per heavy atom. The van der Waals surface area contributed by atoms with E-state index < -0.39 is 0 Å². The zero-order valence-electron chi connectivity index (χ0n) is 10.3. The molecule has 18 heavy (non-hydrogen) atoms. The van der Waals surface area contributed by atoms with E-state index in [-0.39, 0.29) is 5.91 Å². The largest absolute Gasteiger partial charge is 0.492 e. The van der Waals surface area contributed by atoms with Crippen molar-refractivity contribution < 1.29 is 9.53 Å². The van der Waals surface area contributed by atoms with E-state index in [1.807, 2.05) is 24.3 Å². The van der Waals surface area contributed by atoms with E-state index in [1.165, 1.54) is 9.65 Å². The van der Waals surface area contributed by atoms with Crippen LogP contribution in [0.15, 0.2) is 36.4 Å². The molecule has 1 aromatic carbocycles.